The number of esters is 2. The predicted molar refractivity (Wildman–Crippen MR) is 85.9 cm³/mol. The normalized spacial score (nSPS) is 11.6. The van der Waals surface area contributed by atoms with Crippen LogP contribution in [0.2, 0.25) is 0 Å². The second kappa shape index (κ2) is 16.8. The van der Waals surface area contributed by atoms with Crippen molar-refractivity contribution in [3.8, 4) is 0 Å². The molecule has 0 saturated carbocycles. The third kappa shape index (κ3) is 15.1. The number of hydrogen-bond acceptors (Lipinski definition) is 5. The minimum absolute atomic E-state index is 0. The maximum atomic E-state index is 11.4. The summed E-state index contributed by atoms with van der Waals surface area (Å²) >= 11 is 3.88. The van der Waals surface area contributed by atoms with Crippen molar-refractivity contribution in [3.05, 3.63) is 0 Å². The molecule has 0 saturated heterocycles. The topological polar surface area (TPSA) is 69.4 Å². The molecule has 0 aromatic heterocycles. The van der Waals surface area contributed by atoms with E-state index < -0.39 is 18.0 Å². The van der Waals surface area contributed by atoms with Gasteiger partial charge >= 0.3 is 41.5 Å². The van der Waals surface area contributed by atoms with Crippen LogP contribution in [0.4, 0.5) is 0 Å². The van der Waals surface area contributed by atoms with Gasteiger partial charge in [0.2, 0.25) is 0 Å². The molecule has 6 heteroatoms. The molecule has 0 aromatic carbocycles. The van der Waals surface area contributed by atoms with E-state index in [9.17, 15) is 9.59 Å². The van der Waals surface area contributed by atoms with Crippen molar-refractivity contribution in [2.24, 2.45) is 5.73 Å². The van der Waals surface area contributed by atoms with Crippen LogP contribution in [0.3, 0.4) is 0 Å². The number of rotatable bonds is 12. The Hall–Kier alpha value is 0.450. The average molecular weight is 327 g/mol. The van der Waals surface area contributed by atoms with E-state index in [0.29, 0.717) is 6.42 Å². The molecule has 0 unspecified atom stereocenters. The van der Waals surface area contributed by atoms with Gasteiger partial charge in [-0.3, -0.25) is 4.79 Å². The first kappa shape index (κ1) is 23.7. The van der Waals surface area contributed by atoms with Crippen LogP contribution in [0.5, 0.6) is 0 Å². The molecule has 1 atom stereocenters. The fourth-order valence-corrected chi connectivity index (χ4v) is 2.04. The summed E-state index contributed by atoms with van der Waals surface area (Å²) in [4.78, 5) is 22.6. The zero-order valence-corrected chi connectivity index (χ0v) is 16.5. The Morgan fingerprint density at radius 1 is 1.05 bits per heavy atom. The molecule has 0 fully saturated rings. The van der Waals surface area contributed by atoms with Crippen molar-refractivity contribution >= 4 is 24.6 Å². The quantitative estimate of drug-likeness (QED) is 0.178. The fraction of sp³-hybridized carbons (Fsp3) is 0.867. The monoisotopic (exact) mass is 327 g/mol. The van der Waals surface area contributed by atoms with Gasteiger partial charge in [0.15, 0.2) is 0 Å². The molecule has 0 rings (SSSR count). The molecule has 0 heterocycles. The first-order chi connectivity index (χ1) is 9.61. The van der Waals surface area contributed by atoms with Crippen molar-refractivity contribution in [2.45, 2.75) is 77.2 Å². The molecule has 0 bridgehead atoms. The summed E-state index contributed by atoms with van der Waals surface area (Å²) in [5.41, 5.74) is 5.41. The fourth-order valence-electron chi connectivity index (χ4n) is 1.89. The first-order valence-corrected chi connectivity index (χ1v) is 8.36. The molecule has 0 amide bonds. The summed E-state index contributed by atoms with van der Waals surface area (Å²) in [6.45, 7) is 2.22. The Morgan fingerprint density at radius 2 is 1.52 bits per heavy atom. The second-order valence-corrected chi connectivity index (χ2v) is 5.53. The minimum Gasteiger partial charge on any atom is -1.00 e. The third-order valence-corrected chi connectivity index (χ3v) is 3.59. The summed E-state index contributed by atoms with van der Waals surface area (Å²) in [6.07, 6.45) is 11.0. The van der Waals surface area contributed by atoms with Gasteiger partial charge in [0.05, 0.1) is 0 Å². The van der Waals surface area contributed by atoms with Crippen molar-refractivity contribution in [1.82, 2.24) is 0 Å². The van der Waals surface area contributed by atoms with Gasteiger partial charge in [0.25, 0.3) is 0 Å². The van der Waals surface area contributed by atoms with Gasteiger partial charge < -0.3 is 11.9 Å². The molecule has 0 radical (unpaired) electrons. The van der Waals surface area contributed by atoms with Crippen LogP contribution >= 0.6 is 12.6 Å². The summed E-state index contributed by atoms with van der Waals surface area (Å²) in [7, 11) is 0. The Kier molecular flexibility index (Phi) is 19.0. The smallest absolute Gasteiger partial charge is 1.00 e. The molecule has 0 aliphatic carbocycles. The van der Waals surface area contributed by atoms with Crippen molar-refractivity contribution < 1.29 is 45.3 Å². The Bertz CT molecular complexity index is 284. The molecular weight excluding hydrogens is 297 g/mol. The molecule has 2 N–H and O–H groups in total. The van der Waals surface area contributed by atoms with Crippen LogP contribution < -0.4 is 35.3 Å². The van der Waals surface area contributed by atoms with Crippen LogP contribution in [0.1, 0.15) is 72.6 Å². The number of unbranched alkanes of at least 4 members (excludes halogenated alkanes) is 8. The van der Waals surface area contributed by atoms with Crippen LogP contribution in [0.15, 0.2) is 0 Å². The minimum atomic E-state index is -0.814. The zero-order valence-electron chi connectivity index (χ0n) is 14.6. The van der Waals surface area contributed by atoms with E-state index in [1.165, 1.54) is 38.5 Å². The SMILES string of the molecule is CCCCCCCCCCCC(=O)OC(=O)[C@@H](N)CS.[H-].[Na+]. The number of thiol groups is 1. The standard InChI is InChI=1S/C15H29NO3S.Na.H/c1-2-3-4-5-6-7-8-9-10-11-14(17)19-15(18)13(16)12-20;;/h13,20H,2-12,16H2,1H3;;/q;+1;-1/t13-;;/m0../s1. The zero-order chi connectivity index (χ0) is 15.2. The number of hydrogen-bond donors (Lipinski definition) is 2. The van der Waals surface area contributed by atoms with Crippen molar-refractivity contribution in [2.75, 3.05) is 5.75 Å². The van der Waals surface area contributed by atoms with Gasteiger partial charge in [-0.05, 0) is 6.42 Å². The van der Waals surface area contributed by atoms with E-state index in [0.717, 1.165) is 19.3 Å². The van der Waals surface area contributed by atoms with Crippen molar-refractivity contribution in [1.29, 1.82) is 0 Å². The van der Waals surface area contributed by atoms with E-state index in [-0.39, 0.29) is 36.7 Å². The van der Waals surface area contributed by atoms with Crippen LogP contribution in [-0.2, 0) is 14.3 Å². The summed E-state index contributed by atoms with van der Waals surface area (Å²) < 4.78 is 4.62. The van der Waals surface area contributed by atoms with Gasteiger partial charge in [-0.1, -0.05) is 58.3 Å². The van der Waals surface area contributed by atoms with Gasteiger partial charge in [-0.25, -0.2) is 4.79 Å². The molecule has 0 aliphatic rings. The van der Waals surface area contributed by atoms with E-state index in [4.69, 9.17) is 5.73 Å². The van der Waals surface area contributed by atoms with Crippen LogP contribution in [0.25, 0.3) is 0 Å². The Balaban J connectivity index is -0.00000180. The summed E-state index contributed by atoms with van der Waals surface area (Å²) in [6, 6.07) is -0.814. The van der Waals surface area contributed by atoms with Crippen LogP contribution in [-0.4, -0.2) is 23.7 Å². The first-order valence-electron chi connectivity index (χ1n) is 7.72. The van der Waals surface area contributed by atoms with E-state index in [1.807, 2.05) is 0 Å². The molecule has 120 valence electrons. The second-order valence-electron chi connectivity index (χ2n) is 5.16. The summed E-state index contributed by atoms with van der Waals surface area (Å²) in [5, 5.41) is 0. The van der Waals surface area contributed by atoms with E-state index in [2.05, 4.69) is 24.3 Å². The predicted octanol–water partition coefficient (Wildman–Crippen LogP) is 0.351. The maximum Gasteiger partial charge on any atom is 1.00 e. The Morgan fingerprint density at radius 3 is 2.00 bits per heavy atom. The van der Waals surface area contributed by atoms with Gasteiger partial charge in [0, 0.05) is 12.2 Å². The van der Waals surface area contributed by atoms with Gasteiger partial charge in [0.1, 0.15) is 6.04 Å². The maximum absolute atomic E-state index is 11.4. The molecule has 4 nitrogen and oxygen atoms in total. The molecule has 0 spiro atoms. The van der Waals surface area contributed by atoms with Crippen molar-refractivity contribution in [3.63, 3.8) is 0 Å². The number of ether oxygens (including phenoxy) is 1. The van der Waals surface area contributed by atoms with Gasteiger partial charge in [-0.15, -0.1) is 0 Å². The molecule has 0 aliphatic heterocycles. The third-order valence-electron chi connectivity index (χ3n) is 3.20. The molecule has 21 heavy (non-hydrogen) atoms. The molecule has 0 aromatic rings. The summed E-state index contributed by atoms with van der Waals surface area (Å²) in [5.74, 6) is -0.972. The average Bonchev–Trinajstić information content (AvgIpc) is 2.44. The van der Waals surface area contributed by atoms with E-state index >= 15 is 0 Å². The largest absolute Gasteiger partial charge is 1.00 e. The number of nitrogens with two attached hydrogens (primary N) is 1. The number of carbonyl (C=O) groups is 2. The molecular formula is C15H30NNaO3S. The van der Waals surface area contributed by atoms with Gasteiger partial charge in [-0.2, -0.15) is 12.6 Å². The van der Waals surface area contributed by atoms with E-state index in [1.54, 1.807) is 0 Å². The number of carbonyl (C=O) groups excluding carboxylic acids is 2. The van der Waals surface area contributed by atoms with Crippen LogP contribution in [0, 0.1) is 0 Å². The Labute approximate surface area is 158 Å².